The van der Waals surface area contributed by atoms with Crippen LogP contribution in [0.3, 0.4) is 0 Å². The number of hydrogen-bond acceptors (Lipinski definition) is 3. The van der Waals surface area contributed by atoms with Gasteiger partial charge in [0.25, 0.3) is 0 Å². The topological polar surface area (TPSA) is 28.4 Å². The number of rotatable bonds is 4. The normalized spacial score (nSPS) is 17.7. The molecule has 0 radical (unpaired) electrons. The zero-order chi connectivity index (χ0) is 11.4. The van der Waals surface area contributed by atoms with Crippen LogP contribution in [0.1, 0.15) is 31.6 Å². The molecule has 1 aromatic rings. The lowest BCUT2D eigenvalue weighted by Crippen LogP contribution is -2.45. The van der Waals surface area contributed by atoms with Crippen LogP contribution in [0.25, 0.3) is 0 Å². The van der Waals surface area contributed by atoms with Gasteiger partial charge in [-0.1, -0.05) is 13.3 Å². The second-order valence-electron chi connectivity index (χ2n) is 4.23. The molecule has 0 amide bonds. The molecule has 6 heteroatoms. The summed E-state index contributed by atoms with van der Waals surface area (Å²) in [5.41, 5.74) is 0. The molecule has 2 rings (SSSR count). The van der Waals surface area contributed by atoms with Crippen molar-refractivity contribution in [1.29, 1.82) is 0 Å². The molecule has 18 heavy (non-hydrogen) atoms. The maximum absolute atomic E-state index is 5.71. The van der Waals surface area contributed by atoms with Crippen LogP contribution in [0.4, 0.5) is 0 Å². The summed E-state index contributed by atoms with van der Waals surface area (Å²) in [7, 11) is 0. The van der Waals surface area contributed by atoms with Crippen LogP contribution < -0.4 is 5.32 Å². The summed E-state index contributed by atoms with van der Waals surface area (Å²) in [5, 5.41) is 3.39. The summed E-state index contributed by atoms with van der Waals surface area (Å²) in [6, 6.07) is 4.52. The smallest absolute Gasteiger partial charge is 0.169 e. The van der Waals surface area contributed by atoms with E-state index in [0.717, 1.165) is 36.6 Å². The van der Waals surface area contributed by atoms with Crippen molar-refractivity contribution in [1.82, 2.24) is 10.2 Å². The minimum atomic E-state index is 0. The molecule has 1 atom stereocenters. The Kier molecular flexibility index (Phi) is 9.34. The van der Waals surface area contributed by atoms with Crippen LogP contribution in [0.2, 0.25) is 0 Å². The predicted octanol–water partition coefficient (Wildman–Crippen LogP) is 3.63. The fourth-order valence-corrected chi connectivity index (χ4v) is 2.60. The van der Waals surface area contributed by atoms with Crippen molar-refractivity contribution in [3.63, 3.8) is 0 Å². The molecule has 106 valence electrons. The van der Waals surface area contributed by atoms with Gasteiger partial charge in [0.1, 0.15) is 5.76 Å². The Balaban J connectivity index is 0.00000144. The van der Waals surface area contributed by atoms with E-state index in [9.17, 15) is 0 Å². The third-order valence-corrected chi connectivity index (χ3v) is 3.50. The maximum atomic E-state index is 5.71. The molecule has 1 N–H and O–H groups in total. The van der Waals surface area contributed by atoms with Crippen molar-refractivity contribution in [3.05, 3.63) is 22.6 Å². The second kappa shape index (κ2) is 9.21. The van der Waals surface area contributed by atoms with Crippen LogP contribution in [-0.2, 0) is 0 Å². The molecule has 0 bridgehead atoms. The van der Waals surface area contributed by atoms with Gasteiger partial charge in [-0.25, -0.2) is 0 Å². The van der Waals surface area contributed by atoms with Gasteiger partial charge >= 0.3 is 0 Å². The molecule has 1 fully saturated rings. The third kappa shape index (κ3) is 4.74. The fourth-order valence-electron chi connectivity index (χ4n) is 2.28. The number of hydrogen-bond donors (Lipinski definition) is 1. The van der Waals surface area contributed by atoms with Crippen molar-refractivity contribution in [2.24, 2.45) is 0 Å². The second-order valence-corrected chi connectivity index (χ2v) is 5.01. The van der Waals surface area contributed by atoms with Crippen LogP contribution in [0.5, 0.6) is 0 Å². The molecule has 1 aromatic heterocycles. The highest BCUT2D eigenvalue weighted by molar-refractivity contribution is 9.10. The average Bonchev–Trinajstić information content (AvgIpc) is 2.74. The average molecular weight is 360 g/mol. The molecular weight excluding hydrogens is 339 g/mol. The van der Waals surface area contributed by atoms with Gasteiger partial charge in [0.2, 0.25) is 0 Å². The van der Waals surface area contributed by atoms with Crippen molar-refractivity contribution >= 4 is 40.7 Å². The lowest BCUT2D eigenvalue weighted by molar-refractivity contribution is 0.145. The molecule has 0 spiro atoms. The summed E-state index contributed by atoms with van der Waals surface area (Å²) >= 11 is 3.38. The number of halogens is 3. The highest BCUT2D eigenvalue weighted by Crippen LogP contribution is 2.29. The van der Waals surface area contributed by atoms with E-state index in [1.54, 1.807) is 0 Å². The number of furan rings is 1. The first-order chi connectivity index (χ1) is 7.81. The van der Waals surface area contributed by atoms with E-state index < -0.39 is 0 Å². The van der Waals surface area contributed by atoms with Crippen LogP contribution in [-0.4, -0.2) is 31.1 Å². The third-order valence-electron chi connectivity index (χ3n) is 3.08. The van der Waals surface area contributed by atoms with Crippen LogP contribution in [0, 0.1) is 0 Å². The Labute approximate surface area is 130 Å². The number of piperazine rings is 1. The summed E-state index contributed by atoms with van der Waals surface area (Å²) < 4.78 is 6.54. The molecule has 0 unspecified atom stereocenters. The molecule has 1 aliphatic heterocycles. The molecule has 3 nitrogen and oxygen atoms in total. The summed E-state index contributed by atoms with van der Waals surface area (Å²) in [6.45, 7) is 6.63. The largest absolute Gasteiger partial charge is 0.453 e. The monoisotopic (exact) mass is 358 g/mol. The zero-order valence-corrected chi connectivity index (χ0v) is 13.7. The summed E-state index contributed by atoms with van der Waals surface area (Å²) in [4.78, 5) is 2.52. The molecule has 0 saturated carbocycles. The van der Waals surface area contributed by atoms with E-state index in [0.29, 0.717) is 6.04 Å². The van der Waals surface area contributed by atoms with Crippen molar-refractivity contribution in [2.45, 2.75) is 25.8 Å². The van der Waals surface area contributed by atoms with Gasteiger partial charge in [0, 0.05) is 26.2 Å². The fraction of sp³-hybridized carbons (Fsp3) is 0.667. The SMILES string of the molecule is CCC[C@H](c1ccc(Br)o1)N1CCNCC1.Cl.Cl. The molecule has 2 heterocycles. The highest BCUT2D eigenvalue weighted by atomic mass is 79.9. The van der Waals surface area contributed by atoms with E-state index in [2.05, 4.69) is 39.1 Å². The van der Waals surface area contributed by atoms with E-state index in [4.69, 9.17) is 4.42 Å². The first-order valence-electron chi connectivity index (χ1n) is 6.01. The van der Waals surface area contributed by atoms with Crippen molar-refractivity contribution < 1.29 is 4.42 Å². The van der Waals surface area contributed by atoms with Crippen LogP contribution in [0.15, 0.2) is 21.2 Å². The van der Waals surface area contributed by atoms with Crippen molar-refractivity contribution in [2.75, 3.05) is 26.2 Å². The van der Waals surface area contributed by atoms with Gasteiger partial charge in [0.15, 0.2) is 4.67 Å². The lowest BCUT2D eigenvalue weighted by Gasteiger charge is -2.33. The van der Waals surface area contributed by atoms with Gasteiger partial charge < -0.3 is 9.73 Å². The number of nitrogens with one attached hydrogen (secondary N) is 1. The van der Waals surface area contributed by atoms with E-state index in [-0.39, 0.29) is 24.8 Å². The molecular formula is C12H21BrCl2N2O. The van der Waals surface area contributed by atoms with Crippen molar-refractivity contribution in [3.8, 4) is 0 Å². The zero-order valence-electron chi connectivity index (χ0n) is 10.5. The summed E-state index contributed by atoms with van der Waals surface area (Å²) in [5.74, 6) is 1.09. The number of nitrogens with zero attached hydrogens (tertiary/aromatic N) is 1. The molecule has 0 aliphatic carbocycles. The molecule has 1 aliphatic rings. The quantitative estimate of drug-likeness (QED) is 0.889. The van der Waals surface area contributed by atoms with E-state index >= 15 is 0 Å². The standard InChI is InChI=1S/C12H19BrN2O.2ClH/c1-2-3-10(11-4-5-12(13)16-11)15-8-6-14-7-9-15;;/h4-5,10,14H,2-3,6-9H2,1H3;2*1H/t10-;;/m1../s1. The first kappa shape index (κ1) is 18.3. The maximum Gasteiger partial charge on any atom is 0.169 e. The van der Waals surface area contributed by atoms with E-state index in [1.807, 2.05) is 6.07 Å². The molecule has 1 saturated heterocycles. The minimum absolute atomic E-state index is 0. The Morgan fingerprint density at radius 2 is 2.00 bits per heavy atom. The predicted molar refractivity (Wildman–Crippen MR) is 83.0 cm³/mol. The lowest BCUT2D eigenvalue weighted by atomic mass is 10.1. The van der Waals surface area contributed by atoms with Crippen LogP contribution >= 0.6 is 40.7 Å². The van der Waals surface area contributed by atoms with E-state index in [1.165, 1.54) is 12.8 Å². The van der Waals surface area contributed by atoms with Gasteiger partial charge in [-0.05, 0) is 34.5 Å². The minimum Gasteiger partial charge on any atom is -0.453 e. The molecule has 0 aromatic carbocycles. The Morgan fingerprint density at radius 3 is 2.50 bits per heavy atom. The first-order valence-corrected chi connectivity index (χ1v) is 6.80. The Morgan fingerprint density at radius 1 is 1.33 bits per heavy atom. The Hall–Kier alpha value is 0.260. The highest BCUT2D eigenvalue weighted by Gasteiger charge is 2.23. The van der Waals surface area contributed by atoms with Gasteiger partial charge in [-0.3, -0.25) is 4.90 Å². The van der Waals surface area contributed by atoms with Gasteiger partial charge in [-0.2, -0.15) is 0 Å². The summed E-state index contributed by atoms with van der Waals surface area (Å²) in [6.07, 6.45) is 2.35. The Bertz CT molecular complexity index is 330. The van der Waals surface area contributed by atoms with Gasteiger partial charge in [-0.15, -0.1) is 24.8 Å². The van der Waals surface area contributed by atoms with Gasteiger partial charge in [0.05, 0.1) is 6.04 Å².